The summed E-state index contributed by atoms with van der Waals surface area (Å²) in [6.07, 6.45) is 0.917. The van der Waals surface area contributed by atoms with Gasteiger partial charge in [-0.2, -0.15) is 0 Å². The molecule has 3 heteroatoms. The van der Waals surface area contributed by atoms with Gasteiger partial charge >= 0.3 is 0 Å². The van der Waals surface area contributed by atoms with Gasteiger partial charge in [-0.1, -0.05) is 26.8 Å². The normalized spacial score (nSPS) is 13.2. The Labute approximate surface area is 104 Å². The summed E-state index contributed by atoms with van der Waals surface area (Å²) >= 11 is 0. The Balaban J connectivity index is 2.67. The van der Waals surface area contributed by atoms with Crippen LogP contribution in [0.1, 0.15) is 27.2 Å². The lowest BCUT2D eigenvalue weighted by Crippen LogP contribution is -2.29. The molecule has 0 aliphatic carbocycles. The van der Waals surface area contributed by atoms with Crippen molar-refractivity contribution in [2.75, 3.05) is 19.0 Å². The van der Waals surface area contributed by atoms with Crippen molar-refractivity contribution < 1.29 is 9.84 Å². The molecule has 0 bridgehead atoms. The van der Waals surface area contributed by atoms with Crippen molar-refractivity contribution >= 4 is 5.69 Å². The summed E-state index contributed by atoms with van der Waals surface area (Å²) in [7, 11) is 1.65. The van der Waals surface area contributed by atoms with Crippen molar-refractivity contribution in [3.8, 4) is 5.75 Å². The van der Waals surface area contributed by atoms with Crippen LogP contribution in [0.2, 0.25) is 0 Å². The van der Waals surface area contributed by atoms with Crippen LogP contribution in [0.25, 0.3) is 0 Å². The van der Waals surface area contributed by atoms with E-state index in [0.29, 0.717) is 0 Å². The van der Waals surface area contributed by atoms with E-state index in [0.717, 1.165) is 17.9 Å². The predicted octanol–water partition coefficient (Wildman–Crippen LogP) is 2.90. The van der Waals surface area contributed by atoms with Gasteiger partial charge in [0.05, 0.1) is 13.7 Å². The average molecular weight is 237 g/mol. The van der Waals surface area contributed by atoms with E-state index in [9.17, 15) is 5.11 Å². The molecule has 1 rings (SSSR count). The van der Waals surface area contributed by atoms with E-state index in [1.807, 2.05) is 24.3 Å². The van der Waals surface area contributed by atoms with E-state index in [2.05, 4.69) is 26.1 Å². The summed E-state index contributed by atoms with van der Waals surface area (Å²) in [5, 5.41) is 12.7. The maximum atomic E-state index is 9.38. The molecule has 0 saturated heterocycles. The second-order valence-corrected chi connectivity index (χ2v) is 5.52. The Morgan fingerprint density at radius 3 is 2.59 bits per heavy atom. The Morgan fingerprint density at radius 2 is 2.06 bits per heavy atom. The molecule has 1 atom stereocenters. The highest BCUT2D eigenvalue weighted by atomic mass is 16.5. The van der Waals surface area contributed by atoms with Gasteiger partial charge in [-0.25, -0.2) is 0 Å². The van der Waals surface area contributed by atoms with Crippen LogP contribution in [-0.2, 0) is 0 Å². The Bertz CT molecular complexity index is 344. The number of nitrogens with one attached hydrogen (secondary N) is 1. The number of anilines is 1. The largest absolute Gasteiger partial charge is 0.497 e. The molecule has 0 spiro atoms. The Hall–Kier alpha value is -1.22. The molecular weight excluding hydrogens is 214 g/mol. The first-order chi connectivity index (χ1) is 7.94. The maximum Gasteiger partial charge on any atom is 0.120 e. The van der Waals surface area contributed by atoms with Crippen molar-refractivity contribution in [1.29, 1.82) is 0 Å². The highest BCUT2D eigenvalue weighted by Crippen LogP contribution is 2.24. The third-order valence-corrected chi connectivity index (χ3v) is 2.52. The van der Waals surface area contributed by atoms with Crippen LogP contribution < -0.4 is 10.1 Å². The van der Waals surface area contributed by atoms with Crippen molar-refractivity contribution in [2.45, 2.75) is 33.2 Å². The maximum absolute atomic E-state index is 9.38. The molecule has 0 aliphatic heterocycles. The lowest BCUT2D eigenvalue weighted by atomic mass is 9.88. The molecule has 0 radical (unpaired) electrons. The number of aliphatic hydroxyl groups excluding tert-OH is 1. The second-order valence-electron chi connectivity index (χ2n) is 5.52. The van der Waals surface area contributed by atoms with Crippen molar-refractivity contribution in [1.82, 2.24) is 0 Å². The molecule has 0 fully saturated rings. The summed E-state index contributed by atoms with van der Waals surface area (Å²) in [5.41, 5.74) is 1.17. The second kappa shape index (κ2) is 5.92. The van der Waals surface area contributed by atoms with Crippen LogP contribution in [0.5, 0.6) is 5.75 Å². The van der Waals surface area contributed by atoms with Gasteiger partial charge in [0.25, 0.3) is 0 Å². The number of hydrogen-bond acceptors (Lipinski definition) is 3. The standard InChI is InChI=1S/C14H23NO2/c1-14(2,3)9-12(10-16)15-11-6-5-7-13(8-11)17-4/h5-8,12,15-16H,9-10H2,1-4H3. The van der Waals surface area contributed by atoms with Gasteiger partial charge in [-0.05, 0) is 24.0 Å². The Morgan fingerprint density at radius 1 is 1.35 bits per heavy atom. The molecule has 1 aromatic carbocycles. The van der Waals surface area contributed by atoms with E-state index in [4.69, 9.17) is 4.74 Å². The first-order valence-electron chi connectivity index (χ1n) is 5.96. The lowest BCUT2D eigenvalue weighted by Gasteiger charge is -2.26. The molecule has 0 aromatic heterocycles. The number of hydrogen-bond donors (Lipinski definition) is 2. The van der Waals surface area contributed by atoms with E-state index < -0.39 is 0 Å². The molecule has 2 N–H and O–H groups in total. The van der Waals surface area contributed by atoms with Crippen molar-refractivity contribution in [3.63, 3.8) is 0 Å². The first kappa shape index (κ1) is 13.8. The molecule has 0 aliphatic rings. The fourth-order valence-electron chi connectivity index (χ4n) is 1.85. The van der Waals surface area contributed by atoms with Gasteiger partial charge in [0.15, 0.2) is 0 Å². The summed E-state index contributed by atoms with van der Waals surface area (Å²) in [5.74, 6) is 0.822. The van der Waals surface area contributed by atoms with E-state index in [-0.39, 0.29) is 18.1 Å². The number of ether oxygens (including phenoxy) is 1. The topological polar surface area (TPSA) is 41.5 Å². The fourth-order valence-corrected chi connectivity index (χ4v) is 1.85. The predicted molar refractivity (Wildman–Crippen MR) is 71.6 cm³/mol. The molecule has 17 heavy (non-hydrogen) atoms. The Kier molecular flexibility index (Phi) is 4.82. The van der Waals surface area contributed by atoms with Crippen LogP contribution in [-0.4, -0.2) is 24.9 Å². The van der Waals surface area contributed by atoms with Crippen LogP contribution in [0.4, 0.5) is 5.69 Å². The minimum Gasteiger partial charge on any atom is -0.497 e. The third-order valence-electron chi connectivity index (χ3n) is 2.52. The minimum absolute atomic E-state index is 0.0714. The summed E-state index contributed by atoms with van der Waals surface area (Å²) < 4.78 is 5.17. The third kappa shape index (κ3) is 5.09. The molecule has 3 nitrogen and oxygen atoms in total. The number of rotatable bonds is 5. The quantitative estimate of drug-likeness (QED) is 0.827. The van der Waals surface area contributed by atoms with Crippen LogP contribution in [0.15, 0.2) is 24.3 Å². The van der Waals surface area contributed by atoms with E-state index in [1.54, 1.807) is 7.11 Å². The van der Waals surface area contributed by atoms with Gasteiger partial charge in [-0.3, -0.25) is 0 Å². The molecule has 1 aromatic rings. The first-order valence-corrected chi connectivity index (χ1v) is 5.96. The van der Waals surface area contributed by atoms with Crippen molar-refractivity contribution in [2.24, 2.45) is 5.41 Å². The van der Waals surface area contributed by atoms with Gasteiger partial charge in [0.1, 0.15) is 5.75 Å². The zero-order valence-corrected chi connectivity index (χ0v) is 11.2. The highest BCUT2D eigenvalue weighted by Gasteiger charge is 2.17. The molecule has 1 unspecified atom stereocenters. The van der Waals surface area contributed by atoms with Crippen LogP contribution in [0, 0.1) is 5.41 Å². The van der Waals surface area contributed by atoms with E-state index >= 15 is 0 Å². The number of methoxy groups -OCH3 is 1. The SMILES string of the molecule is COc1cccc(NC(CO)CC(C)(C)C)c1. The van der Waals surface area contributed by atoms with Gasteiger partial charge in [0.2, 0.25) is 0 Å². The van der Waals surface area contributed by atoms with Crippen molar-refractivity contribution in [3.05, 3.63) is 24.3 Å². The zero-order valence-electron chi connectivity index (χ0n) is 11.2. The fraction of sp³-hybridized carbons (Fsp3) is 0.571. The average Bonchev–Trinajstić information content (AvgIpc) is 2.26. The number of aliphatic hydroxyl groups is 1. The van der Waals surface area contributed by atoms with E-state index in [1.165, 1.54) is 0 Å². The summed E-state index contributed by atoms with van der Waals surface area (Å²) in [4.78, 5) is 0. The summed E-state index contributed by atoms with van der Waals surface area (Å²) in [6, 6.07) is 7.83. The molecule has 0 amide bonds. The molecule has 96 valence electrons. The van der Waals surface area contributed by atoms with Gasteiger partial charge in [-0.15, -0.1) is 0 Å². The molecule has 0 saturated carbocycles. The van der Waals surface area contributed by atoms with Crippen LogP contribution >= 0.6 is 0 Å². The van der Waals surface area contributed by atoms with Gasteiger partial charge in [0, 0.05) is 17.8 Å². The van der Waals surface area contributed by atoms with Gasteiger partial charge < -0.3 is 15.2 Å². The highest BCUT2D eigenvalue weighted by molar-refractivity contribution is 5.48. The van der Waals surface area contributed by atoms with Crippen LogP contribution in [0.3, 0.4) is 0 Å². The minimum atomic E-state index is 0.0714. The molecular formula is C14H23NO2. The monoisotopic (exact) mass is 237 g/mol. The zero-order chi connectivity index (χ0) is 12.9. The smallest absolute Gasteiger partial charge is 0.120 e. The lowest BCUT2D eigenvalue weighted by molar-refractivity contribution is 0.234. The number of benzene rings is 1. The summed E-state index contributed by atoms with van der Waals surface area (Å²) in [6.45, 7) is 6.64. The molecule has 0 heterocycles.